The number of hydrogen-bond donors (Lipinski definition) is 1. The molecule has 2 bridgehead atoms. The van der Waals surface area contributed by atoms with Crippen molar-refractivity contribution in [2.45, 2.75) is 43.7 Å². The molecule has 4 fully saturated rings. The van der Waals surface area contributed by atoms with Crippen molar-refractivity contribution in [3.8, 4) is 0 Å². The van der Waals surface area contributed by atoms with Crippen molar-refractivity contribution in [2.75, 3.05) is 19.6 Å². The SMILES string of the molecule is Clc1ccccc1C1CC(NC2CN3CCC2CC3)C1. The van der Waals surface area contributed by atoms with E-state index in [9.17, 15) is 0 Å². The van der Waals surface area contributed by atoms with Crippen molar-refractivity contribution in [1.29, 1.82) is 0 Å². The van der Waals surface area contributed by atoms with Gasteiger partial charge in [-0.2, -0.15) is 0 Å². The predicted octanol–water partition coefficient (Wildman–Crippen LogP) is 3.27. The Morgan fingerprint density at radius 3 is 2.50 bits per heavy atom. The molecule has 3 aliphatic heterocycles. The van der Waals surface area contributed by atoms with E-state index in [-0.39, 0.29) is 0 Å². The first-order valence-corrected chi connectivity index (χ1v) is 8.40. The van der Waals surface area contributed by atoms with Gasteiger partial charge in [-0.05, 0) is 62.2 Å². The highest BCUT2D eigenvalue weighted by Crippen LogP contribution is 2.41. The summed E-state index contributed by atoms with van der Waals surface area (Å²) in [4.78, 5) is 2.63. The summed E-state index contributed by atoms with van der Waals surface area (Å²) >= 11 is 6.30. The van der Waals surface area contributed by atoms with Crippen LogP contribution in [0.3, 0.4) is 0 Å². The van der Waals surface area contributed by atoms with Crippen molar-refractivity contribution in [2.24, 2.45) is 5.92 Å². The Morgan fingerprint density at radius 1 is 1.10 bits per heavy atom. The maximum atomic E-state index is 6.30. The lowest BCUT2D eigenvalue weighted by Gasteiger charge is -2.48. The van der Waals surface area contributed by atoms with E-state index in [1.54, 1.807) is 0 Å². The maximum Gasteiger partial charge on any atom is 0.0440 e. The summed E-state index contributed by atoms with van der Waals surface area (Å²) in [6.07, 6.45) is 5.32. The minimum atomic E-state index is 0.669. The second-order valence-corrected chi connectivity index (χ2v) is 7.21. The lowest BCUT2D eigenvalue weighted by Crippen LogP contribution is -2.59. The Hall–Kier alpha value is -0.570. The molecule has 20 heavy (non-hydrogen) atoms. The third-order valence-electron chi connectivity index (χ3n) is 5.59. The van der Waals surface area contributed by atoms with Crippen LogP contribution in [0.1, 0.15) is 37.2 Å². The molecule has 108 valence electrons. The normalized spacial score (nSPS) is 39.5. The molecule has 0 amide bonds. The average molecular weight is 291 g/mol. The fourth-order valence-electron chi connectivity index (χ4n) is 4.27. The summed E-state index contributed by atoms with van der Waals surface area (Å²) in [7, 11) is 0. The molecule has 0 spiro atoms. The molecular weight excluding hydrogens is 268 g/mol. The van der Waals surface area contributed by atoms with E-state index >= 15 is 0 Å². The van der Waals surface area contributed by atoms with Gasteiger partial charge >= 0.3 is 0 Å². The van der Waals surface area contributed by atoms with Crippen molar-refractivity contribution in [3.05, 3.63) is 34.9 Å². The zero-order valence-electron chi connectivity index (χ0n) is 11.9. The molecule has 1 unspecified atom stereocenters. The highest BCUT2D eigenvalue weighted by atomic mass is 35.5. The van der Waals surface area contributed by atoms with Crippen molar-refractivity contribution < 1.29 is 0 Å². The average Bonchev–Trinajstić information content (AvgIpc) is 2.45. The molecule has 3 heteroatoms. The number of rotatable bonds is 3. The van der Waals surface area contributed by atoms with Gasteiger partial charge in [-0.15, -0.1) is 0 Å². The van der Waals surface area contributed by atoms with Gasteiger partial charge in [0.05, 0.1) is 0 Å². The Morgan fingerprint density at radius 2 is 1.85 bits per heavy atom. The molecule has 3 heterocycles. The van der Waals surface area contributed by atoms with Crippen LogP contribution in [0.15, 0.2) is 24.3 Å². The summed E-state index contributed by atoms with van der Waals surface area (Å²) in [5.74, 6) is 1.60. The molecule has 1 saturated carbocycles. The molecular formula is C17H23ClN2. The number of halogens is 1. The summed E-state index contributed by atoms with van der Waals surface area (Å²) in [5, 5.41) is 4.86. The van der Waals surface area contributed by atoms with Crippen LogP contribution in [0.5, 0.6) is 0 Å². The van der Waals surface area contributed by atoms with Crippen LogP contribution in [-0.4, -0.2) is 36.6 Å². The highest BCUT2D eigenvalue weighted by molar-refractivity contribution is 6.31. The quantitative estimate of drug-likeness (QED) is 0.919. The van der Waals surface area contributed by atoms with Crippen LogP contribution < -0.4 is 5.32 Å². The largest absolute Gasteiger partial charge is 0.310 e. The van der Waals surface area contributed by atoms with Gasteiger partial charge < -0.3 is 10.2 Å². The van der Waals surface area contributed by atoms with Gasteiger partial charge in [0.25, 0.3) is 0 Å². The molecule has 0 aromatic heterocycles. The van der Waals surface area contributed by atoms with E-state index in [4.69, 9.17) is 11.6 Å². The van der Waals surface area contributed by atoms with E-state index in [0.717, 1.165) is 17.0 Å². The standard InChI is InChI=1S/C17H23ClN2/c18-16-4-2-1-3-15(16)13-9-14(10-13)19-17-11-20-7-5-12(17)6-8-20/h1-4,12-14,17,19H,5-11H2. The minimum Gasteiger partial charge on any atom is -0.310 e. The van der Waals surface area contributed by atoms with Crippen molar-refractivity contribution >= 4 is 11.6 Å². The van der Waals surface area contributed by atoms with E-state index < -0.39 is 0 Å². The molecule has 1 aromatic rings. The third kappa shape index (κ3) is 2.38. The molecule has 4 aliphatic rings. The first-order valence-electron chi connectivity index (χ1n) is 8.02. The van der Waals surface area contributed by atoms with Gasteiger partial charge in [0, 0.05) is 23.7 Å². The van der Waals surface area contributed by atoms with Gasteiger partial charge in [-0.1, -0.05) is 29.8 Å². The summed E-state index contributed by atoms with van der Waals surface area (Å²) in [6.45, 7) is 3.93. The van der Waals surface area contributed by atoms with Crippen LogP contribution in [0.2, 0.25) is 5.02 Å². The van der Waals surface area contributed by atoms with Gasteiger partial charge in [-0.3, -0.25) is 0 Å². The van der Waals surface area contributed by atoms with E-state index in [1.165, 1.54) is 50.9 Å². The molecule has 2 nitrogen and oxygen atoms in total. The smallest absolute Gasteiger partial charge is 0.0440 e. The van der Waals surface area contributed by atoms with Crippen LogP contribution in [0.25, 0.3) is 0 Å². The number of nitrogens with zero attached hydrogens (tertiary/aromatic N) is 1. The van der Waals surface area contributed by atoms with Gasteiger partial charge in [0.1, 0.15) is 0 Å². The topological polar surface area (TPSA) is 15.3 Å². The summed E-state index contributed by atoms with van der Waals surface area (Å²) < 4.78 is 0. The molecule has 1 atom stereocenters. The lowest BCUT2D eigenvalue weighted by molar-refractivity contribution is 0.0584. The maximum absolute atomic E-state index is 6.30. The van der Waals surface area contributed by atoms with Gasteiger partial charge in [-0.25, -0.2) is 0 Å². The number of fused-ring (bicyclic) bond motifs is 3. The monoisotopic (exact) mass is 290 g/mol. The molecule has 0 radical (unpaired) electrons. The zero-order chi connectivity index (χ0) is 13.5. The van der Waals surface area contributed by atoms with Crippen LogP contribution in [-0.2, 0) is 0 Å². The second-order valence-electron chi connectivity index (χ2n) is 6.80. The third-order valence-corrected chi connectivity index (χ3v) is 5.93. The summed E-state index contributed by atoms with van der Waals surface area (Å²) in [6, 6.07) is 9.79. The van der Waals surface area contributed by atoms with Crippen molar-refractivity contribution in [1.82, 2.24) is 10.2 Å². The van der Waals surface area contributed by atoms with E-state index in [0.29, 0.717) is 12.0 Å². The van der Waals surface area contributed by atoms with E-state index in [2.05, 4.69) is 22.3 Å². The van der Waals surface area contributed by atoms with Crippen molar-refractivity contribution in [3.63, 3.8) is 0 Å². The fourth-order valence-corrected chi connectivity index (χ4v) is 4.56. The molecule has 1 aromatic carbocycles. The lowest BCUT2D eigenvalue weighted by atomic mass is 9.74. The number of benzene rings is 1. The first kappa shape index (κ1) is 13.1. The van der Waals surface area contributed by atoms with Crippen LogP contribution in [0.4, 0.5) is 0 Å². The van der Waals surface area contributed by atoms with Gasteiger partial charge in [0.15, 0.2) is 0 Å². The minimum absolute atomic E-state index is 0.669. The Labute approximate surface area is 126 Å². The molecule has 1 N–H and O–H groups in total. The van der Waals surface area contributed by atoms with E-state index in [1.807, 2.05) is 12.1 Å². The highest BCUT2D eigenvalue weighted by Gasteiger charge is 2.38. The molecule has 5 rings (SSSR count). The zero-order valence-corrected chi connectivity index (χ0v) is 12.6. The summed E-state index contributed by atoms with van der Waals surface area (Å²) in [5.41, 5.74) is 1.35. The van der Waals surface area contributed by atoms with Crippen LogP contribution >= 0.6 is 11.6 Å². The Balaban J connectivity index is 1.32. The number of nitrogens with one attached hydrogen (secondary N) is 1. The Bertz CT molecular complexity index is 476. The van der Waals surface area contributed by atoms with Crippen LogP contribution in [0, 0.1) is 5.92 Å². The predicted molar refractivity (Wildman–Crippen MR) is 83.3 cm³/mol. The number of hydrogen-bond acceptors (Lipinski definition) is 2. The first-order chi connectivity index (χ1) is 9.79. The fraction of sp³-hybridized carbons (Fsp3) is 0.647. The molecule has 1 aliphatic carbocycles. The van der Waals surface area contributed by atoms with Gasteiger partial charge in [0.2, 0.25) is 0 Å². The molecule has 3 saturated heterocycles. The number of piperidine rings is 3. The Kier molecular flexibility index (Phi) is 3.49. The second kappa shape index (κ2) is 5.32.